The first-order valence-electron chi connectivity index (χ1n) is 10.3. The van der Waals surface area contributed by atoms with Crippen LogP contribution in [0.2, 0.25) is 0 Å². The molecule has 0 radical (unpaired) electrons. The fourth-order valence-corrected chi connectivity index (χ4v) is 5.03. The quantitative estimate of drug-likeness (QED) is 0.456. The molecule has 1 unspecified atom stereocenters. The molecule has 0 saturated heterocycles. The Balaban J connectivity index is 2.04. The van der Waals surface area contributed by atoms with Crippen LogP contribution in [0, 0.1) is 0 Å². The molecule has 1 aromatic rings. The van der Waals surface area contributed by atoms with Crippen LogP contribution in [-0.2, 0) is 25.6 Å². The Morgan fingerprint density at radius 2 is 1.63 bits per heavy atom. The van der Waals surface area contributed by atoms with Crippen LogP contribution in [0.15, 0.2) is 24.3 Å². The predicted molar refractivity (Wildman–Crippen MR) is 117 cm³/mol. The van der Waals surface area contributed by atoms with Gasteiger partial charge in [-0.25, -0.2) is 26.3 Å². The van der Waals surface area contributed by atoms with Gasteiger partial charge in [0.15, 0.2) is 0 Å². The molecule has 1 aromatic carbocycles. The number of sulfonamides is 2. The second kappa shape index (κ2) is 9.95. The van der Waals surface area contributed by atoms with Crippen LogP contribution in [0.1, 0.15) is 58.9 Å². The summed E-state index contributed by atoms with van der Waals surface area (Å²) in [4.78, 5) is 0. The summed E-state index contributed by atoms with van der Waals surface area (Å²) in [7, 11) is -6.84. The van der Waals surface area contributed by atoms with Gasteiger partial charge in [-0.2, -0.15) is 0 Å². The lowest BCUT2D eigenvalue weighted by molar-refractivity contribution is -0.0250. The Bertz CT molecular complexity index is 898. The van der Waals surface area contributed by atoms with E-state index < -0.39 is 42.2 Å². The molecule has 2 rings (SSSR count). The molecule has 1 aliphatic rings. The van der Waals surface area contributed by atoms with Crippen LogP contribution < -0.4 is 14.2 Å². The third-order valence-electron chi connectivity index (χ3n) is 5.45. The first-order valence-corrected chi connectivity index (χ1v) is 13.4. The predicted octanol–water partition coefficient (Wildman–Crippen LogP) is 1.85. The zero-order valence-electron chi connectivity index (χ0n) is 18.1. The molecule has 8 nitrogen and oxygen atoms in total. The molecular weight excluding hydrogens is 428 g/mol. The number of benzene rings is 1. The van der Waals surface area contributed by atoms with E-state index in [-0.39, 0.29) is 13.2 Å². The highest BCUT2D eigenvalue weighted by Gasteiger charge is 2.42. The normalized spacial score (nSPS) is 23.1. The molecule has 3 N–H and O–H groups in total. The van der Waals surface area contributed by atoms with Crippen molar-refractivity contribution in [2.45, 2.75) is 75.5 Å². The fourth-order valence-electron chi connectivity index (χ4n) is 3.35. The zero-order chi connectivity index (χ0) is 22.6. The Kier molecular flexibility index (Phi) is 8.31. The topological polar surface area (TPSA) is 122 Å². The van der Waals surface area contributed by atoms with E-state index in [4.69, 9.17) is 4.74 Å². The van der Waals surface area contributed by atoms with Crippen molar-refractivity contribution in [3.63, 3.8) is 0 Å². The van der Waals surface area contributed by atoms with Gasteiger partial charge in [-0.15, -0.1) is 0 Å². The lowest BCUT2D eigenvalue weighted by Crippen LogP contribution is -2.53. The van der Waals surface area contributed by atoms with E-state index >= 15 is 0 Å². The van der Waals surface area contributed by atoms with Gasteiger partial charge >= 0.3 is 0 Å². The van der Waals surface area contributed by atoms with Gasteiger partial charge in [0, 0.05) is 6.54 Å². The van der Waals surface area contributed by atoms with Gasteiger partial charge in [-0.3, -0.25) is 0 Å². The molecule has 0 spiro atoms. The molecule has 2 atom stereocenters. The minimum atomic E-state index is -3.51. The SMILES string of the molecule is CC(C)S(=O)(=O)NCCOc1ccc(C2(O)CCCC[C@@H]2NS(=O)(=O)C(C)C)cc1. The summed E-state index contributed by atoms with van der Waals surface area (Å²) in [5.41, 5.74) is -0.655. The van der Waals surface area contributed by atoms with Crippen LogP contribution in [-0.4, -0.2) is 51.6 Å². The lowest BCUT2D eigenvalue weighted by atomic mass is 9.76. The standard InChI is InChI=1S/C20H34N2O6S2/c1-15(2)29(24,25)21-13-14-28-18-10-8-17(9-11-18)20(23)12-6-5-7-19(20)22-30(26,27)16(3)4/h8-11,15-16,19,21-23H,5-7,12-14H2,1-4H3/t19-,20?/m0/s1. The summed E-state index contributed by atoms with van der Waals surface area (Å²) >= 11 is 0. The van der Waals surface area contributed by atoms with Crippen molar-refractivity contribution in [1.29, 1.82) is 0 Å². The molecule has 1 fully saturated rings. The maximum Gasteiger partial charge on any atom is 0.214 e. The van der Waals surface area contributed by atoms with Crippen LogP contribution in [0.5, 0.6) is 5.75 Å². The number of ether oxygens (including phenoxy) is 1. The average Bonchev–Trinajstić information content (AvgIpc) is 2.67. The minimum absolute atomic E-state index is 0.158. The van der Waals surface area contributed by atoms with Crippen LogP contribution >= 0.6 is 0 Å². The smallest absolute Gasteiger partial charge is 0.214 e. The molecule has 0 aliphatic heterocycles. The second-order valence-corrected chi connectivity index (χ2v) is 12.9. The molecule has 0 heterocycles. The minimum Gasteiger partial charge on any atom is -0.492 e. The summed E-state index contributed by atoms with van der Waals surface area (Å²) in [6.07, 6.45) is 2.69. The van der Waals surface area contributed by atoms with E-state index in [0.29, 0.717) is 24.2 Å². The zero-order valence-corrected chi connectivity index (χ0v) is 19.7. The van der Waals surface area contributed by atoms with E-state index in [1.807, 2.05) is 0 Å². The number of aliphatic hydroxyl groups is 1. The Morgan fingerprint density at radius 3 is 2.20 bits per heavy atom. The van der Waals surface area contributed by atoms with E-state index in [2.05, 4.69) is 9.44 Å². The van der Waals surface area contributed by atoms with Gasteiger partial charge in [0.1, 0.15) is 18.0 Å². The van der Waals surface area contributed by atoms with Gasteiger partial charge in [0.25, 0.3) is 0 Å². The number of rotatable bonds is 10. The first kappa shape index (κ1) is 25.1. The van der Waals surface area contributed by atoms with Crippen molar-refractivity contribution in [2.75, 3.05) is 13.2 Å². The van der Waals surface area contributed by atoms with Crippen molar-refractivity contribution >= 4 is 20.0 Å². The molecule has 172 valence electrons. The molecule has 1 saturated carbocycles. The van der Waals surface area contributed by atoms with Gasteiger partial charge in [-0.05, 0) is 58.2 Å². The number of hydrogen-bond donors (Lipinski definition) is 3. The average molecular weight is 463 g/mol. The maximum absolute atomic E-state index is 12.3. The largest absolute Gasteiger partial charge is 0.492 e. The highest BCUT2D eigenvalue weighted by molar-refractivity contribution is 7.90. The third kappa shape index (κ3) is 6.16. The van der Waals surface area contributed by atoms with Crippen LogP contribution in [0.25, 0.3) is 0 Å². The Hall–Kier alpha value is -1.20. The highest BCUT2D eigenvalue weighted by Crippen LogP contribution is 2.38. The van der Waals surface area contributed by atoms with Gasteiger partial charge in [-0.1, -0.05) is 25.0 Å². The second-order valence-electron chi connectivity index (χ2n) is 8.30. The van der Waals surface area contributed by atoms with Gasteiger partial charge < -0.3 is 9.84 Å². The first-order chi connectivity index (χ1) is 13.9. The molecule has 1 aliphatic carbocycles. The van der Waals surface area contributed by atoms with Crippen molar-refractivity contribution in [2.24, 2.45) is 0 Å². The maximum atomic E-state index is 12.3. The van der Waals surface area contributed by atoms with E-state index in [9.17, 15) is 21.9 Å². The summed E-state index contributed by atoms with van der Waals surface area (Å²) in [6.45, 7) is 6.76. The van der Waals surface area contributed by atoms with E-state index in [0.717, 1.165) is 12.8 Å². The van der Waals surface area contributed by atoms with Gasteiger partial charge in [0.2, 0.25) is 20.0 Å². The Morgan fingerprint density at radius 1 is 1.03 bits per heavy atom. The molecular formula is C20H34N2O6S2. The van der Waals surface area contributed by atoms with E-state index in [1.165, 1.54) is 0 Å². The third-order valence-corrected chi connectivity index (χ3v) is 9.16. The van der Waals surface area contributed by atoms with Crippen molar-refractivity contribution in [1.82, 2.24) is 9.44 Å². The Labute approximate surface area is 180 Å². The molecule has 10 heteroatoms. The monoisotopic (exact) mass is 462 g/mol. The van der Waals surface area contributed by atoms with Crippen LogP contribution in [0.3, 0.4) is 0 Å². The highest BCUT2D eigenvalue weighted by atomic mass is 32.2. The summed E-state index contributed by atoms with van der Waals surface area (Å²) in [5, 5.41) is 10.3. The molecule has 0 bridgehead atoms. The van der Waals surface area contributed by atoms with Crippen LogP contribution in [0.4, 0.5) is 0 Å². The number of hydrogen-bond acceptors (Lipinski definition) is 6. The summed E-state index contributed by atoms with van der Waals surface area (Å²) < 4.78 is 58.9. The van der Waals surface area contributed by atoms with Gasteiger partial charge in [0.05, 0.1) is 16.5 Å². The number of nitrogens with one attached hydrogen (secondary N) is 2. The van der Waals surface area contributed by atoms with Crippen molar-refractivity contribution < 1.29 is 26.7 Å². The van der Waals surface area contributed by atoms with Crippen molar-refractivity contribution in [3.8, 4) is 5.75 Å². The molecule has 30 heavy (non-hydrogen) atoms. The summed E-state index contributed by atoms with van der Waals surface area (Å²) in [5.74, 6) is 0.543. The van der Waals surface area contributed by atoms with E-state index in [1.54, 1.807) is 52.0 Å². The fraction of sp³-hybridized carbons (Fsp3) is 0.700. The molecule has 0 amide bonds. The van der Waals surface area contributed by atoms with Crippen molar-refractivity contribution in [3.05, 3.63) is 29.8 Å². The molecule has 0 aromatic heterocycles. The summed E-state index contributed by atoms with van der Waals surface area (Å²) in [6, 6.07) is 6.28. The lowest BCUT2D eigenvalue weighted by Gasteiger charge is -2.41.